The zero-order valence-electron chi connectivity index (χ0n) is 8.66. The van der Waals surface area contributed by atoms with Crippen LogP contribution in [-0.2, 0) is 0 Å². The van der Waals surface area contributed by atoms with Crippen molar-refractivity contribution in [3.05, 3.63) is 47.8 Å². The molecule has 15 heavy (non-hydrogen) atoms. The Morgan fingerprint density at radius 3 is 2.80 bits per heavy atom. The van der Waals surface area contributed by atoms with Crippen LogP contribution in [0.2, 0.25) is 0 Å². The molecule has 2 N–H and O–H groups in total. The van der Waals surface area contributed by atoms with Gasteiger partial charge < -0.3 is 5.73 Å². The van der Waals surface area contributed by atoms with Gasteiger partial charge in [-0.3, -0.25) is 4.79 Å². The maximum Gasteiger partial charge on any atom is 0.179 e. The van der Waals surface area contributed by atoms with Crippen molar-refractivity contribution in [2.24, 2.45) is 5.73 Å². The van der Waals surface area contributed by atoms with Crippen LogP contribution >= 0.6 is 0 Å². The van der Waals surface area contributed by atoms with Crippen molar-refractivity contribution >= 4 is 5.78 Å². The summed E-state index contributed by atoms with van der Waals surface area (Å²) in [4.78, 5) is 11.7. The summed E-state index contributed by atoms with van der Waals surface area (Å²) >= 11 is 0. The van der Waals surface area contributed by atoms with E-state index in [2.05, 4.69) is 6.58 Å². The molecule has 0 saturated heterocycles. The number of ketones is 1. The lowest BCUT2D eigenvalue weighted by Gasteiger charge is -2.08. The van der Waals surface area contributed by atoms with Crippen molar-refractivity contribution in [2.75, 3.05) is 0 Å². The van der Waals surface area contributed by atoms with Crippen LogP contribution in [0.25, 0.3) is 0 Å². The number of carbonyl (C=O) groups is 1. The van der Waals surface area contributed by atoms with Crippen LogP contribution in [0.3, 0.4) is 0 Å². The van der Waals surface area contributed by atoms with Crippen LogP contribution in [0, 0.1) is 12.7 Å². The molecule has 1 unspecified atom stereocenters. The molecule has 0 saturated carbocycles. The van der Waals surface area contributed by atoms with Gasteiger partial charge in [0, 0.05) is 5.56 Å². The normalized spacial score (nSPS) is 12.2. The number of aryl methyl sites for hydroxylation is 1. The summed E-state index contributed by atoms with van der Waals surface area (Å²) in [7, 11) is 0. The molecule has 2 nitrogen and oxygen atoms in total. The maximum atomic E-state index is 13.0. The summed E-state index contributed by atoms with van der Waals surface area (Å²) in [5.41, 5.74) is 6.65. The molecule has 1 aromatic carbocycles. The molecule has 0 bridgehead atoms. The Morgan fingerprint density at radius 1 is 1.60 bits per heavy atom. The first-order valence-corrected chi connectivity index (χ1v) is 4.72. The molecule has 1 aromatic rings. The van der Waals surface area contributed by atoms with E-state index in [1.54, 1.807) is 19.1 Å². The number of carbonyl (C=O) groups excluding carboxylic acids is 1. The van der Waals surface area contributed by atoms with E-state index in [9.17, 15) is 9.18 Å². The monoisotopic (exact) mass is 207 g/mol. The van der Waals surface area contributed by atoms with E-state index < -0.39 is 11.9 Å². The Balaban J connectivity index is 2.95. The molecule has 0 aliphatic carbocycles. The minimum absolute atomic E-state index is 0.252. The van der Waals surface area contributed by atoms with Gasteiger partial charge in [-0.2, -0.15) is 0 Å². The van der Waals surface area contributed by atoms with Crippen molar-refractivity contribution in [3.8, 4) is 0 Å². The Hall–Kier alpha value is -1.48. The van der Waals surface area contributed by atoms with Crippen LogP contribution in [0.5, 0.6) is 0 Å². The van der Waals surface area contributed by atoms with E-state index in [1.807, 2.05) is 0 Å². The van der Waals surface area contributed by atoms with Crippen LogP contribution in [0.1, 0.15) is 22.3 Å². The SMILES string of the molecule is C=CCC(N)C(=O)c1cc(C)cc(F)c1. The van der Waals surface area contributed by atoms with E-state index >= 15 is 0 Å². The van der Waals surface area contributed by atoms with E-state index in [-0.39, 0.29) is 5.78 Å². The number of halogens is 1. The first-order valence-electron chi connectivity index (χ1n) is 4.72. The van der Waals surface area contributed by atoms with Gasteiger partial charge in [-0.15, -0.1) is 6.58 Å². The fourth-order valence-electron chi connectivity index (χ4n) is 1.38. The van der Waals surface area contributed by atoms with E-state index in [0.29, 0.717) is 17.5 Å². The molecule has 0 aliphatic heterocycles. The van der Waals surface area contributed by atoms with Gasteiger partial charge in [-0.25, -0.2) is 4.39 Å². The number of hydrogen-bond acceptors (Lipinski definition) is 2. The molecule has 0 heterocycles. The predicted octanol–water partition coefficient (Wildman–Crippen LogP) is 2.22. The van der Waals surface area contributed by atoms with Crippen LogP contribution in [0.4, 0.5) is 4.39 Å². The van der Waals surface area contributed by atoms with Gasteiger partial charge in [-0.1, -0.05) is 6.08 Å². The van der Waals surface area contributed by atoms with Crippen molar-refractivity contribution in [2.45, 2.75) is 19.4 Å². The van der Waals surface area contributed by atoms with Crippen molar-refractivity contribution in [1.29, 1.82) is 0 Å². The second kappa shape index (κ2) is 4.84. The number of hydrogen-bond donors (Lipinski definition) is 1. The molecule has 0 aliphatic rings. The van der Waals surface area contributed by atoms with Crippen LogP contribution < -0.4 is 5.73 Å². The molecule has 1 atom stereocenters. The Kier molecular flexibility index (Phi) is 3.74. The Bertz CT molecular complexity index is 367. The van der Waals surface area contributed by atoms with Crippen molar-refractivity contribution < 1.29 is 9.18 Å². The minimum Gasteiger partial charge on any atom is -0.321 e. The number of rotatable bonds is 4. The summed E-state index contributed by atoms with van der Waals surface area (Å²) < 4.78 is 13.0. The molecular weight excluding hydrogens is 193 g/mol. The zero-order valence-corrected chi connectivity index (χ0v) is 8.66. The third-order valence-electron chi connectivity index (χ3n) is 2.08. The lowest BCUT2D eigenvalue weighted by Crippen LogP contribution is -2.29. The van der Waals surface area contributed by atoms with Gasteiger partial charge in [-0.05, 0) is 37.1 Å². The smallest absolute Gasteiger partial charge is 0.179 e. The summed E-state index contributed by atoms with van der Waals surface area (Å²) in [5, 5.41) is 0. The summed E-state index contributed by atoms with van der Waals surface area (Å²) in [6, 6.07) is 3.58. The molecule has 0 aromatic heterocycles. The number of Topliss-reactive ketones (excluding diaryl/α,β-unsaturated/α-hetero) is 1. The Morgan fingerprint density at radius 2 is 2.27 bits per heavy atom. The fraction of sp³-hybridized carbons (Fsp3) is 0.250. The van der Waals surface area contributed by atoms with Gasteiger partial charge in [0.15, 0.2) is 5.78 Å². The average Bonchev–Trinajstić information content (AvgIpc) is 2.15. The van der Waals surface area contributed by atoms with Gasteiger partial charge in [0.05, 0.1) is 6.04 Å². The minimum atomic E-state index is -0.635. The highest BCUT2D eigenvalue weighted by atomic mass is 19.1. The molecule has 0 fully saturated rings. The Labute approximate surface area is 88.6 Å². The third kappa shape index (κ3) is 2.99. The molecule has 0 radical (unpaired) electrons. The van der Waals surface area contributed by atoms with Crippen molar-refractivity contribution in [1.82, 2.24) is 0 Å². The van der Waals surface area contributed by atoms with Crippen molar-refractivity contribution in [3.63, 3.8) is 0 Å². The highest BCUT2D eigenvalue weighted by molar-refractivity contribution is 6.00. The van der Waals surface area contributed by atoms with E-state index in [0.717, 1.165) is 0 Å². The first kappa shape index (κ1) is 11.6. The topological polar surface area (TPSA) is 43.1 Å². The molecular formula is C12H14FNO. The summed E-state index contributed by atoms with van der Waals surface area (Å²) in [6.07, 6.45) is 1.98. The standard InChI is InChI=1S/C12H14FNO/c1-3-4-11(14)12(15)9-5-8(2)6-10(13)7-9/h3,5-7,11H,1,4,14H2,2H3. The number of benzene rings is 1. The van der Waals surface area contributed by atoms with Crippen LogP contribution in [0.15, 0.2) is 30.9 Å². The van der Waals surface area contributed by atoms with Gasteiger partial charge in [0.1, 0.15) is 5.82 Å². The van der Waals surface area contributed by atoms with Gasteiger partial charge in [0.2, 0.25) is 0 Å². The largest absolute Gasteiger partial charge is 0.321 e. The first-order chi connectivity index (χ1) is 7.04. The average molecular weight is 207 g/mol. The van der Waals surface area contributed by atoms with Gasteiger partial charge >= 0.3 is 0 Å². The van der Waals surface area contributed by atoms with Gasteiger partial charge in [0.25, 0.3) is 0 Å². The molecule has 3 heteroatoms. The van der Waals surface area contributed by atoms with E-state index in [1.165, 1.54) is 12.1 Å². The highest BCUT2D eigenvalue weighted by Crippen LogP contribution is 2.11. The summed E-state index contributed by atoms with van der Waals surface area (Å²) in [5.74, 6) is -0.665. The fourth-order valence-corrected chi connectivity index (χ4v) is 1.38. The highest BCUT2D eigenvalue weighted by Gasteiger charge is 2.15. The lowest BCUT2D eigenvalue weighted by atomic mass is 10.0. The predicted molar refractivity (Wildman–Crippen MR) is 58.3 cm³/mol. The third-order valence-corrected chi connectivity index (χ3v) is 2.08. The zero-order chi connectivity index (χ0) is 11.4. The molecule has 0 amide bonds. The maximum absolute atomic E-state index is 13.0. The number of nitrogens with two attached hydrogens (primary N) is 1. The molecule has 1 rings (SSSR count). The second-order valence-electron chi connectivity index (χ2n) is 3.51. The lowest BCUT2D eigenvalue weighted by molar-refractivity contribution is 0.0961. The van der Waals surface area contributed by atoms with Crippen LogP contribution in [-0.4, -0.2) is 11.8 Å². The molecule has 0 spiro atoms. The van der Waals surface area contributed by atoms with E-state index in [4.69, 9.17) is 5.73 Å². The second-order valence-corrected chi connectivity index (χ2v) is 3.51. The summed E-state index contributed by atoms with van der Waals surface area (Å²) in [6.45, 7) is 5.24. The molecule has 80 valence electrons. The quantitative estimate of drug-likeness (QED) is 0.607.